The average Bonchev–Trinajstić information content (AvgIpc) is 2.55. The van der Waals surface area contributed by atoms with Gasteiger partial charge in [0.1, 0.15) is 5.75 Å². The molecule has 2 aromatic rings. The van der Waals surface area contributed by atoms with Crippen molar-refractivity contribution >= 4 is 23.3 Å². The molecule has 3 N–H and O–H groups in total. The largest absolute Gasteiger partial charge is 0.497 e. The third kappa shape index (κ3) is 4.00. The molecule has 0 atom stereocenters. The molecule has 6 heteroatoms. The van der Waals surface area contributed by atoms with E-state index in [1.165, 1.54) is 7.11 Å². The Morgan fingerprint density at radius 3 is 2.61 bits per heavy atom. The van der Waals surface area contributed by atoms with Crippen molar-refractivity contribution in [3.8, 4) is 5.75 Å². The second-order valence-corrected chi connectivity index (χ2v) is 4.71. The lowest BCUT2D eigenvalue weighted by atomic mass is 10.1. The molecule has 0 aliphatic carbocycles. The molecular formula is C17H18N2O4. The lowest BCUT2D eigenvalue weighted by Crippen LogP contribution is -2.14. The molecule has 23 heavy (non-hydrogen) atoms. The van der Waals surface area contributed by atoms with E-state index >= 15 is 0 Å². The van der Waals surface area contributed by atoms with Crippen LogP contribution in [0.4, 0.5) is 11.4 Å². The summed E-state index contributed by atoms with van der Waals surface area (Å²) in [5.74, 6) is -0.234. The second-order valence-electron chi connectivity index (χ2n) is 4.71. The number of benzene rings is 2. The first kappa shape index (κ1) is 16.4. The number of anilines is 2. The molecule has 0 saturated heterocycles. The molecule has 0 radical (unpaired) electrons. The molecule has 1 amide bonds. The minimum absolute atomic E-state index is 0.289. The zero-order valence-electron chi connectivity index (χ0n) is 13.0. The normalized spacial score (nSPS) is 10.0. The van der Waals surface area contributed by atoms with E-state index < -0.39 is 5.97 Å². The molecule has 0 saturated carbocycles. The number of nitrogens with two attached hydrogens (primary N) is 1. The van der Waals surface area contributed by atoms with Crippen molar-refractivity contribution in [3.63, 3.8) is 0 Å². The van der Waals surface area contributed by atoms with Gasteiger partial charge in [-0.05, 0) is 37.3 Å². The zero-order valence-corrected chi connectivity index (χ0v) is 13.0. The van der Waals surface area contributed by atoms with Crippen molar-refractivity contribution in [2.45, 2.75) is 6.92 Å². The van der Waals surface area contributed by atoms with Crippen molar-refractivity contribution in [2.75, 3.05) is 24.8 Å². The molecule has 6 nitrogen and oxygen atoms in total. The van der Waals surface area contributed by atoms with E-state index in [4.69, 9.17) is 15.2 Å². The van der Waals surface area contributed by atoms with Crippen LogP contribution in [0.2, 0.25) is 0 Å². The first-order chi connectivity index (χ1) is 11.0. The van der Waals surface area contributed by atoms with Crippen LogP contribution >= 0.6 is 0 Å². The number of esters is 1. The number of rotatable bonds is 5. The molecule has 0 unspecified atom stereocenters. The number of nitrogens with one attached hydrogen (secondary N) is 1. The molecule has 0 aliphatic heterocycles. The maximum absolute atomic E-state index is 12.3. The van der Waals surface area contributed by atoms with Gasteiger partial charge in [0, 0.05) is 17.4 Å². The Kier molecular flexibility index (Phi) is 5.19. The number of nitrogen functional groups attached to an aromatic ring is 1. The van der Waals surface area contributed by atoms with E-state index in [-0.39, 0.29) is 12.5 Å². The molecule has 2 aromatic carbocycles. The minimum atomic E-state index is -0.437. The molecule has 0 fully saturated rings. The van der Waals surface area contributed by atoms with Crippen molar-refractivity contribution in [1.82, 2.24) is 0 Å². The Hall–Kier alpha value is -3.02. The third-order valence-electron chi connectivity index (χ3n) is 3.13. The van der Waals surface area contributed by atoms with Gasteiger partial charge in [-0.2, -0.15) is 0 Å². The summed E-state index contributed by atoms with van der Waals surface area (Å²) in [6.45, 7) is 2.02. The Morgan fingerprint density at radius 2 is 1.96 bits per heavy atom. The van der Waals surface area contributed by atoms with Gasteiger partial charge in [0.15, 0.2) is 0 Å². The van der Waals surface area contributed by atoms with Crippen LogP contribution in [0.3, 0.4) is 0 Å². The Bertz CT molecular complexity index is 728. The van der Waals surface area contributed by atoms with Crippen LogP contribution in [0, 0.1) is 0 Å². The average molecular weight is 314 g/mol. The van der Waals surface area contributed by atoms with Crippen molar-refractivity contribution in [3.05, 3.63) is 53.6 Å². The van der Waals surface area contributed by atoms with Crippen molar-refractivity contribution in [2.24, 2.45) is 0 Å². The van der Waals surface area contributed by atoms with Gasteiger partial charge in [0.2, 0.25) is 0 Å². The fourth-order valence-corrected chi connectivity index (χ4v) is 2.01. The van der Waals surface area contributed by atoms with E-state index in [1.54, 1.807) is 49.4 Å². The number of hydrogen-bond donors (Lipinski definition) is 2. The van der Waals surface area contributed by atoms with Crippen LogP contribution in [0.25, 0.3) is 0 Å². The molecular weight excluding hydrogens is 296 g/mol. The van der Waals surface area contributed by atoms with Gasteiger partial charge in [-0.25, -0.2) is 4.79 Å². The van der Waals surface area contributed by atoms with E-state index in [0.29, 0.717) is 28.3 Å². The first-order valence-electron chi connectivity index (χ1n) is 7.07. The fourth-order valence-electron chi connectivity index (χ4n) is 2.01. The van der Waals surface area contributed by atoms with E-state index in [0.717, 1.165) is 0 Å². The minimum Gasteiger partial charge on any atom is -0.497 e. The Labute approximate surface area is 134 Å². The summed E-state index contributed by atoms with van der Waals surface area (Å²) in [7, 11) is 1.52. The van der Waals surface area contributed by atoms with Gasteiger partial charge in [0.25, 0.3) is 5.91 Å². The molecule has 0 spiro atoms. The molecule has 0 heterocycles. The second kappa shape index (κ2) is 7.31. The van der Waals surface area contributed by atoms with Gasteiger partial charge in [-0.15, -0.1) is 0 Å². The van der Waals surface area contributed by atoms with Crippen molar-refractivity contribution in [1.29, 1.82) is 0 Å². The monoisotopic (exact) mass is 314 g/mol. The Balaban J connectivity index is 2.17. The van der Waals surface area contributed by atoms with Gasteiger partial charge >= 0.3 is 5.97 Å². The lowest BCUT2D eigenvalue weighted by Gasteiger charge is -2.10. The highest BCUT2D eigenvalue weighted by Gasteiger charge is 2.12. The van der Waals surface area contributed by atoms with Gasteiger partial charge in [-0.3, -0.25) is 4.79 Å². The van der Waals surface area contributed by atoms with Crippen LogP contribution in [-0.2, 0) is 4.74 Å². The van der Waals surface area contributed by atoms with Crippen LogP contribution in [0.15, 0.2) is 42.5 Å². The molecule has 0 bridgehead atoms. The smallest absolute Gasteiger partial charge is 0.338 e. The predicted octanol–water partition coefficient (Wildman–Crippen LogP) is 2.71. The molecule has 120 valence electrons. The topological polar surface area (TPSA) is 90.6 Å². The van der Waals surface area contributed by atoms with E-state index in [9.17, 15) is 9.59 Å². The summed E-state index contributed by atoms with van der Waals surface area (Å²) in [6, 6.07) is 11.3. The maximum atomic E-state index is 12.3. The maximum Gasteiger partial charge on any atom is 0.338 e. The summed E-state index contributed by atoms with van der Waals surface area (Å²) >= 11 is 0. The van der Waals surface area contributed by atoms with Crippen LogP contribution in [-0.4, -0.2) is 25.6 Å². The number of carbonyl (C=O) groups is 2. The number of ether oxygens (including phenoxy) is 2. The highest BCUT2D eigenvalue weighted by Crippen LogP contribution is 2.21. The van der Waals surface area contributed by atoms with E-state index in [2.05, 4.69) is 5.32 Å². The fraction of sp³-hybridized carbons (Fsp3) is 0.176. The summed E-state index contributed by atoms with van der Waals surface area (Å²) in [5, 5.41) is 2.71. The SMILES string of the molecule is CCOC(=O)c1cccc(NC(=O)c2ccc(OC)cc2N)c1. The van der Waals surface area contributed by atoms with E-state index in [1.807, 2.05) is 0 Å². The zero-order chi connectivity index (χ0) is 16.8. The first-order valence-corrected chi connectivity index (χ1v) is 7.07. The highest BCUT2D eigenvalue weighted by molar-refractivity contribution is 6.08. The predicted molar refractivity (Wildman–Crippen MR) is 87.8 cm³/mol. The van der Waals surface area contributed by atoms with Crippen molar-refractivity contribution < 1.29 is 19.1 Å². The number of hydrogen-bond acceptors (Lipinski definition) is 5. The highest BCUT2D eigenvalue weighted by atomic mass is 16.5. The standard InChI is InChI=1S/C17H18N2O4/c1-3-23-17(21)11-5-4-6-12(9-11)19-16(20)14-8-7-13(22-2)10-15(14)18/h4-10H,3,18H2,1-2H3,(H,19,20). The molecule has 2 rings (SSSR count). The number of methoxy groups -OCH3 is 1. The summed E-state index contributed by atoms with van der Waals surface area (Å²) in [5.41, 5.74) is 7.34. The quantitative estimate of drug-likeness (QED) is 0.654. The summed E-state index contributed by atoms with van der Waals surface area (Å²) in [6.07, 6.45) is 0. The molecule has 0 aliphatic rings. The Morgan fingerprint density at radius 1 is 1.17 bits per heavy atom. The summed E-state index contributed by atoms with van der Waals surface area (Å²) < 4.78 is 9.98. The lowest BCUT2D eigenvalue weighted by molar-refractivity contribution is 0.0526. The van der Waals surface area contributed by atoms with Gasteiger partial charge < -0.3 is 20.5 Å². The van der Waals surface area contributed by atoms with Crippen LogP contribution < -0.4 is 15.8 Å². The third-order valence-corrected chi connectivity index (χ3v) is 3.13. The van der Waals surface area contributed by atoms with Crippen LogP contribution in [0.1, 0.15) is 27.6 Å². The number of amides is 1. The van der Waals surface area contributed by atoms with Crippen LogP contribution in [0.5, 0.6) is 5.75 Å². The number of carbonyl (C=O) groups excluding carboxylic acids is 2. The molecule has 0 aromatic heterocycles. The summed E-state index contributed by atoms with van der Waals surface area (Å²) in [4.78, 5) is 24.0. The van der Waals surface area contributed by atoms with Gasteiger partial charge in [0.05, 0.1) is 24.8 Å². The van der Waals surface area contributed by atoms with Gasteiger partial charge in [-0.1, -0.05) is 6.07 Å².